The van der Waals surface area contributed by atoms with Gasteiger partial charge in [-0.1, -0.05) is 64.2 Å². The predicted octanol–water partition coefficient (Wildman–Crippen LogP) is 3.27. The van der Waals surface area contributed by atoms with Gasteiger partial charge in [-0.05, 0) is 51.9 Å². The van der Waals surface area contributed by atoms with Crippen molar-refractivity contribution >= 4 is 0 Å². The fraction of sp³-hybridized carbons (Fsp3) is 1.00. The van der Waals surface area contributed by atoms with E-state index < -0.39 is 0 Å². The van der Waals surface area contributed by atoms with Gasteiger partial charge >= 0.3 is 0 Å². The van der Waals surface area contributed by atoms with E-state index >= 15 is 0 Å². The molecule has 0 aliphatic heterocycles. The van der Waals surface area contributed by atoms with Crippen molar-refractivity contribution in [3.8, 4) is 0 Å². The van der Waals surface area contributed by atoms with Crippen molar-refractivity contribution in [3.63, 3.8) is 0 Å². The molecule has 136 valence electrons. The second-order valence-corrected chi connectivity index (χ2v) is 6.10. The average molecular weight is 317 g/mol. The minimum atomic E-state index is 0.850. The van der Waals surface area contributed by atoms with E-state index in [2.05, 4.69) is 0 Å². The van der Waals surface area contributed by atoms with Crippen LogP contribution in [-0.4, -0.2) is 26.2 Å². The quantitative estimate of drug-likeness (QED) is 0.328. The normalized spacial score (nSPS) is 10.4. The molecule has 4 heteroatoms. The summed E-state index contributed by atoms with van der Waals surface area (Å²) in [5, 5.41) is 0. The van der Waals surface area contributed by atoms with E-state index in [1.165, 1.54) is 89.9 Å². The number of unbranched alkanes of at least 4 members (excludes halogenated alkanes) is 12. The lowest BCUT2D eigenvalue weighted by Gasteiger charge is -1.99. The SMILES string of the molecule is NCCCCCCCCCN.NCCCCCCCCCN. The molecule has 0 radical (unpaired) electrons. The first-order valence-electron chi connectivity index (χ1n) is 9.63. The van der Waals surface area contributed by atoms with Gasteiger partial charge in [0.05, 0.1) is 0 Å². The molecule has 22 heavy (non-hydrogen) atoms. The Morgan fingerprint density at radius 3 is 0.500 bits per heavy atom. The molecule has 0 rings (SSSR count). The second kappa shape index (κ2) is 25.8. The molecule has 0 unspecified atom stereocenters. The van der Waals surface area contributed by atoms with Gasteiger partial charge in [-0.15, -0.1) is 0 Å². The molecule has 0 saturated carbocycles. The summed E-state index contributed by atoms with van der Waals surface area (Å²) in [6, 6.07) is 0. The molecule has 0 aromatic heterocycles. The first kappa shape index (κ1) is 24.1. The van der Waals surface area contributed by atoms with Crippen LogP contribution in [0.5, 0.6) is 0 Å². The van der Waals surface area contributed by atoms with Gasteiger partial charge in [0.15, 0.2) is 0 Å². The summed E-state index contributed by atoms with van der Waals surface area (Å²) in [7, 11) is 0. The van der Waals surface area contributed by atoms with Crippen LogP contribution < -0.4 is 22.9 Å². The topological polar surface area (TPSA) is 104 Å². The molecule has 0 amide bonds. The highest BCUT2D eigenvalue weighted by molar-refractivity contribution is 4.47. The third-order valence-electron chi connectivity index (χ3n) is 3.82. The number of hydrogen-bond donors (Lipinski definition) is 4. The molecule has 4 nitrogen and oxygen atoms in total. The van der Waals surface area contributed by atoms with E-state index in [-0.39, 0.29) is 0 Å². The molecule has 0 atom stereocenters. The van der Waals surface area contributed by atoms with Crippen molar-refractivity contribution in [3.05, 3.63) is 0 Å². The predicted molar refractivity (Wildman–Crippen MR) is 101 cm³/mol. The van der Waals surface area contributed by atoms with Crippen molar-refractivity contribution in [1.82, 2.24) is 0 Å². The van der Waals surface area contributed by atoms with Gasteiger partial charge in [0.2, 0.25) is 0 Å². The van der Waals surface area contributed by atoms with Gasteiger partial charge in [0.1, 0.15) is 0 Å². The maximum Gasteiger partial charge on any atom is -0.00773 e. The molecule has 0 spiro atoms. The van der Waals surface area contributed by atoms with Gasteiger partial charge < -0.3 is 22.9 Å². The average Bonchev–Trinajstić information content (AvgIpc) is 2.54. The summed E-state index contributed by atoms with van der Waals surface area (Å²) in [5.74, 6) is 0. The Morgan fingerprint density at radius 2 is 0.364 bits per heavy atom. The van der Waals surface area contributed by atoms with Crippen LogP contribution in [0.25, 0.3) is 0 Å². The number of hydrogen-bond acceptors (Lipinski definition) is 4. The summed E-state index contributed by atoms with van der Waals surface area (Å²) in [5.41, 5.74) is 21.5. The lowest BCUT2D eigenvalue weighted by molar-refractivity contribution is 0.585. The third kappa shape index (κ3) is 28.1. The van der Waals surface area contributed by atoms with Crippen LogP contribution in [0.3, 0.4) is 0 Å². The van der Waals surface area contributed by atoms with Crippen LogP contribution in [-0.2, 0) is 0 Å². The Balaban J connectivity index is 0. The Labute approximate surface area is 139 Å². The smallest absolute Gasteiger partial charge is 0.00773 e. The lowest BCUT2D eigenvalue weighted by Crippen LogP contribution is -1.98. The van der Waals surface area contributed by atoms with Crippen LogP contribution in [0, 0.1) is 0 Å². The molecule has 0 fully saturated rings. The zero-order chi connectivity index (χ0) is 16.7. The van der Waals surface area contributed by atoms with E-state index in [9.17, 15) is 0 Å². The summed E-state index contributed by atoms with van der Waals surface area (Å²) < 4.78 is 0. The Hall–Kier alpha value is -0.160. The fourth-order valence-corrected chi connectivity index (χ4v) is 2.35. The van der Waals surface area contributed by atoms with Gasteiger partial charge in [0.25, 0.3) is 0 Å². The zero-order valence-corrected chi connectivity index (χ0v) is 15.0. The van der Waals surface area contributed by atoms with E-state index in [1.54, 1.807) is 0 Å². The molecule has 0 aromatic rings. The first-order valence-corrected chi connectivity index (χ1v) is 9.63. The Bertz CT molecular complexity index is 131. The van der Waals surface area contributed by atoms with Gasteiger partial charge in [-0.3, -0.25) is 0 Å². The van der Waals surface area contributed by atoms with Gasteiger partial charge in [-0.25, -0.2) is 0 Å². The van der Waals surface area contributed by atoms with Crippen LogP contribution in [0.1, 0.15) is 89.9 Å². The fourth-order valence-electron chi connectivity index (χ4n) is 2.35. The Morgan fingerprint density at radius 1 is 0.227 bits per heavy atom. The maximum atomic E-state index is 5.37. The van der Waals surface area contributed by atoms with E-state index in [0.29, 0.717) is 0 Å². The molecule has 8 N–H and O–H groups in total. The minimum Gasteiger partial charge on any atom is -0.330 e. The van der Waals surface area contributed by atoms with Crippen LogP contribution >= 0.6 is 0 Å². The summed E-state index contributed by atoms with van der Waals surface area (Å²) in [4.78, 5) is 0. The molecule has 0 aromatic carbocycles. The van der Waals surface area contributed by atoms with Crippen LogP contribution in [0.4, 0.5) is 0 Å². The van der Waals surface area contributed by atoms with Crippen molar-refractivity contribution in [1.29, 1.82) is 0 Å². The zero-order valence-electron chi connectivity index (χ0n) is 15.0. The van der Waals surface area contributed by atoms with Crippen molar-refractivity contribution in [2.45, 2.75) is 89.9 Å². The van der Waals surface area contributed by atoms with E-state index in [4.69, 9.17) is 22.9 Å². The highest BCUT2D eigenvalue weighted by Gasteiger charge is 1.90. The van der Waals surface area contributed by atoms with Crippen LogP contribution in [0.2, 0.25) is 0 Å². The molecule has 0 bridgehead atoms. The van der Waals surface area contributed by atoms with E-state index in [1.807, 2.05) is 0 Å². The first-order chi connectivity index (χ1) is 10.8. The minimum absolute atomic E-state index is 0.850. The molecule has 0 heterocycles. The number of rotatable bonds is 16. The monoisotopic (exact) mass is 316 g/mol. The molecular weight excluding hydrogens is 272 g/mol. The highest BCUT2D eigenvalue weighted by Crippen LogP contribution is 2.06. The van der Waals surface area contributed by atoms with Crippen molar-refractivity contribution in [2.75, 3.05) is 26.2 Å². The molecule has 0 aliphatic carbocycles. The molecule has 0 aliphatic rings. The molecule has 0 saturated heterocycles. The highest BCUT2D eigenvalue weighted by atomic mass is 14.5. The second-order valence-electron chi connectivity index (χ2n) is 6.10. The lowest BCUT2D eigenvalue weighted by atomic mass is 10.1. The van der Waals surface area contributed by atoms with Gasteiger partial charge in [-0.2, -0.15) is 0 Å². The third-order valence-corrected chi connectivity index (χ3v) is 3.82. The molecular formula is C18H44N4. The summed E-state index contributed by atoms with van der Waals surface area (Å²) in [6.07, 6.45) is 18.1. The summed E-state index contributed by atoms with van der Waals surface area (Å²) >= 11 is 0. The van der Waals surface area contributed by atoms with Crippen molar-refractivity contribution in [2.24, 2.45) is 22.9 Å². The Kier molecular flexibility index (Phi) is 28.2. The maximum absolute atomic E-state index is 5.37. The van der Waals surface area contributed by atoms with Crippen LogP contribution in [0.15, 0.2) is 0 Å². The largest absolute Gasteiger partial charge is 0.330 e. The van der Waals surface area contributed by atoms with Gasteiger partial charge in [0, 0.05) is 0 Å². The summed E-state index contributed by atoms with van der Waals surface area (Å²) in [6.45, 7) is 3.40. The number of nitrogens with two attached hydrogens (primary N) is 4. The van der Waals surface area contributed by atoms with Crippen molar-refractivity contribution < 1.29 is 0 Å². The standard InChI is InChI=1S/2C9H22N2/c2*10-8-6-4-2-1-3-5-7-9-11/h2*1-11H2. The van der Waals surface area contributed by atoms with E-state index in [0.717, 1.165) is 26.2 Å².